The van der Waals surface area contributed by atoms with Crippen molar-refractivity contribution in [2.75, 3.05) is 27.2 Å². The zero-order valence-electron chi connectivity index (χ0n) is 17.3. The van der Waals surface area contributed by atoms with Crippen molar-refractivity contribution in [2.24, 2.45) is 0 Å². The van der Waals surface area contributed by atoms with Gasteiger partial charge in [0.25, 0.3) is 5.91 Å². The molecule has 3 aromatic rings. The van der Waals surface area contributed by atoms with Crippen molar-refractivity contribution in [3.63, 3.8) is 0 Å². The van der Waals surface area contributed by atoms with Crippen LogP contribution in [0.4, 0.5) is 4.79 Å². The highest BCUT2D eigenvalue weighted by Crippen LogP contribution is 2.44. The Kier molecular flexibility index (Phi) is 4.79. The summed E-state index contributed by atoms with van der Waals surface area (Å²) < 4.78 is 0.958. The molecule has 0 saturated carbocycles. The van der Waals surface area contributed by atoms with Crippen molar-refractivity contribution < 1.29 is 14.7 Å². The van der Waals surface area contributed by atoms with E-state index in [1.54, 1.807) is 23.1 Å². The van der Waals surface area contributed by atoms with E-state index in [0.29, 0.717) is 19.5 Å². The lowest BCUT2D eigenvalue weighted by Gasteiger charge is -2.36. The number of phenols is 1. The Labute approximate surface area is 188 Å². The maximum Gasteiger partial charge on any atom is 0.328 e. The van der Waals surface area contributed by atoms with Crippen LogP contribution in [-0.4, -0.2) is 70.0 Å². The summed E-state index contributed by atoms with van der Waals surface area (Å²) in [7, 11) is 3.84. The Bertz CT molecular complexity index is 1200. The third-order valence-corrected chi connectivity index (χ3v) is 6.64. The molecule has 2 aliphatic rings. The number of hydrogen-bond donors (Lipinski definition) is 2. The van der Waals surface area contributed by atoms with Gasteiger partial charge in [-0.15, -0.1) is 0 Å². The Balaban J connectivity index is 1.67. The Morgan fingerprint density at radius 1 is 1.19 bits per heavy atom. The van der Waals surface area contributed by atoms with Crippen molar-refractivity contribution in [3.8, 4) is 5.75 Å². The van der Waals surface area contributed by atoms with Crippen LogP contribution in [0.3, 0.4) is 0 Å². The number of carbonyl (C=O) groups is 2. The van der Waals surface area contributed by atoms with Crippen molar-refractivity contribution in [1.82, 2.24) is 19.7 Å². The number of H-pyrrole nitrogens is 1. The van der Waals surface area contributed by atoms with Crippen LogP contribution in [0.5, 0.6) is 5.75 Å². The SMILES string of the molecule is CN(C)CCN1C(=O)C2Cc3c([nH]c4ccc(Br)cc34)C(c3cccc(O)c3)N2C1=O. The Morgan fingerprint density at radius 2 is 2.00 bits per heavy atom. The summed E-state index contributed by atoms with van der Waals surface area (Å²) in [5, 5.41) is 11.2. The smallest absolute Gasteiger partial charge is 0.328 e. The average Bonchev–Trinajstić information content (AvgIpc) is 3.20. The molecule has 31 heavy (non-hydrogen) atoms. The van der Waals surface area contributed by atoms with Crippen LogP contribution in [0.1, 0.15) is 22.9 Å². The number of fused-ring (bicyclic) bond motifs is 4. The Hall–Kier alpha value is -2.84. The first-order chi connectivity index (χ1) is 14.8. The maximum absolute atomic E-state index is 13.4. The summed E-state index contributed by atoms with van der Waals surface area (Å²) in [6.45, 7) is 0.959. The summed E-state index contributed by atoms with van der Waals surface area (Å²) in [5.74, 6) is -0.0329. The van der Waals surface area contributed by atoms with Crippen LogP contribution < -0.4 is 0 Å². The van der Waals surface area contributed by atoms with Gasteiger partial charge in [-0.25, -0.2) is 4.79 Å². The molecule has 0 spiro atoms. The molecule has 2 N–H and O–H groups in total. The molecule has 7 nitrogen and oxygen atoms in total. The molecule has 8 heteroatoms. The lowest BCUT2D eigenvalue weighted by Crippen LogP contribution is -2.44. The van der Waals surface area contributed by atoms with E-state index in [-0.39, 0.29) is 17.7 Å². The molecule has 0 aliphatic carbocycles. The number of phenolic OH excluding ortho intramolecular Hbond substituents is 1. The molecule has 1 fully saturated rings. The molecule has 2 atom stereocenters. The molecular weight excluding hydrogens is 460 g/mol. The molecule has 0 radical (unpaired) electrons. The third kappa shape index (κ3) is 3.21. The summed E-state index contributed by atoms with van der Waals surface area (Å²) in [6, 6.07) is 11.6. The average molecular weight is 483 g/mol. The molecule has 160 valence electrons. The van der Waals surface area contributed by atoms with Crippen molar-refractivity contribution in [1.29, 1.82) is 0 Å². The van der Waals surface area contributed by atoms with Crippen LogP contribution in [0.2, 0.25) is 0 Å². The van der Waals surface area contributed by atoms with Gasteiger partial charge in [0.05, 0.1) is 0 Å². The van der Waals surface area contributed by atoms with E-state index in [9.17, 15) is 14.7 Å². The highest BCUT2D eigenvalue weighted by Gasteiger charge is 2.52. The van der Waals surface area contributed by atoms with Gasteiger partial charge in [0.1, 0.15) is 17.8 Å². The summed E-state index contributed by atoms with van der Waals surface area (Å²) in [4.78, 5) is 35.2. The molecule has 3 amide bonds. The third-order valence-electron chi connectivity index (χ3n) is 6.15. The first-order valence-electron chi connectivity index (χ1n) is 10.2. The van der Waals surface area contributed by atoms with Gasteiger partial charge in [-0.05, 0) is 55.6 Å². The number of rotatable bonds is 4. The van der Waals surface area contributed by atoms with E-state index < -0.39 is 12.1 Å². The number of imide groups is 1. The number of urea groups is 1. The number of aromatic hydroxyl groups is 1. The van der Waals surface area contributed by atoms with E-state index in [0.717, 1.165) is 32.2 Å². The molecule has 1 saturated heterocycles. The number of carbonyl (C=O) groups excluding carboxylic acids is 2. The van der Waals surface area contributed by atoms with Crippen LogP contribution in [-0.2, 0) is 11.2 Å². The zero-order valence-corrected chi connectivity index (χ0v) is 18.9. The van der Waals surface area contributed by atoms with Crippen LogP contribution in [0.25, 0.3) is 10.9 Å². The van der Waals surface area contributed by atoms with E-state index >= 15 is 0 Å². The number of benzene rings is 2. The number of nitrogens with one attached hydrogen (secondary N) is 1. The molecule has 2 aliphatic heterocycles. The number of hydrogen-bond acceptors (Lipinski definition) is 4. The van der Waals surface area contributed by atoms with E-state index in [1.165, 1.54) is 4.90 Å². The molecule has 2 unspecified atom stereocenters. The zero-order chi connectivity index (χ0) is 21.9. The predicted molar refractivity (Wildman–Crippen MR) is 121 cm³/mol. The van der Waals surface area contributed by atoms with E-state index in [4.69, 9.17) is 0 Å². The largest absolute Gasteiger partial charge is 0.508 e. The highest BCUT2D eigenvalue weighted by molar-refractivity contribution is 9.10. The lowest BCUT2D eigenvalue weighted by atomic mass is 9.89. The second-order valence-electron chi connectivity index (χ2n) is 8.41. The van der Waals surface area contributed by atoms with E-state index in [1.807, 2.05) is 43.3 Å². The van der Waals surface area contributed by atoms with Gasteiger partial charge in [0, 0.05) is 40.6 Å². The summed E-state index contributed by atoms with van der Waals surface area (Å²) in [5.41, 5.74) is 3.67. The number of likely N-dealkylation sites (N-methyl/N-ethyl adjacent to an activating group) is 1. The van der Waals surface area contributed by atoms with Gasteiger partial charge >= 0.3 is 6.03 Å². The second-order valence-corrected chi connectivity index (χ2v) is 9.32. The van der Waals surface area contributed by atoms with Gasteiger partial charge in [-0.2, -0.15) is 0 Å². The number of halogens is 1. The van der Waals surface area contributed by atoms with Crippen molar-refractivity contribution in [3.05, 3.63) is 63.8 Å². The van der Waals surface area contributed by atoms with Crippen molar-refractivity contribution >= 4 is 38.8 Å². The molecule has 1 aromatic heterocycles. The van der Waals surface area contributed by atoms with Crippen LogP contribution in [0, 0.1) is 0 Å². The number of aromatic amines is 1. The second kappa shape index (κ2) is 7.39. The maximum atomic E-state index is 13.4. The van der Waals surface area contributed by atoms with Crippen molar-refractivity contribution in [2.45, 2.75) is 18.5 Å². The summed E-state index contributed by atoms with van der Waals surface area (Å²) >= 11 is 3.54. The predicted octanol–water partition coefficient (Wildman–Crippen LogP) is 3.48. The quantitative estimate of drug-likeness (QED) is 0.557. The first kappa shape index (κ1) is 20.1. The fourth-order valence-corrected chi connectivity index (χ4v) is 5.06. The van der Waals surface area contributed by atoms with Gasteiger partial charge in [0.2, 0.25) is 0 Å². The monoisotopic (exact) mass is 482 g/mol. The van der Waals surface area contributed by atoms with Gasteiger partial charge in [-0.1, -0.05) is 28.1 Å². The van der Waals surface area contributed by atoms with E-state index in [2.05, 4.69) is 20.9 Å². The highest BCUT2D eigenvalue weighted by atomic mass is 79.9. The number of nitrogens with zero attached hydrogens (tertiary/aromatic N) is 3. The fourth-order valence-electron chi connectivity index (χ4n) is 4.70. The molecule has 3 heterocycles. The number of aromatic nitrogens is 1. The standard InChI is InChI=1S/C23H23BrN4O3/c1-26(2)8-9-27-22(30)19-12-17-16-11-14(24)6-7-18(16)25-20(17)21(28(19)23(27)31)13-4-3-5-15(29)10-13/h3-7,10-11,19,21,25,29H,8-9,12H2,1-2H3. The summed E-state index contributed by atoms with van der Waals surface area (Å²) in [6.07, 6.45) is 0.462. The minimum absolute atomic E-state index is 0.127. The molecular formula is C23H23BrN4O3. The van der Waals surface area contributed by atoms with Crippen LogP contribution >= 0.6 is 15.9 Å². The molecule has 5 rings (SSSR count). The fraction of sp³-hybridized carbons (Fsp3) is 0.304. The van der Waals surface area contributed by atoms with Crippen LogP contribution in [0.15, 0.2) is 46.9 Å². The number of amides is 3. The van der Waals surface area contributed by atoms with Gasteiger partial charge in [0.15, 0.2) is 0 Å². The van der Waals surface area contributed by atoms with Gasteiger partial charge in [-0.3, -0.25) is 14.6 Å². The van der Waals surface area contributed by atoms with Gasteiger partial charge < -0.3 is 15.0 Å². The first-order valence-corrected chi connectivity index (χ1v) is 11.0. The molecule has 2 aromatic carbocycles. The minimum Gasteiger partial charge on any atom is -0.508 e. The lowest BCUT2D eigenvalue weighted by molar-refractivity contribution is -0.128. The minimum atomic E-state index is -0.563. The topological polar surface area (TPSA) is 79.9 Å². The normalized spacial score (nSPS) is 20.6. The molecule has 0 bridgehead atoms. The Morgan fingerprint density at radius 3 is 2.74 bits per heavy atom.